The lowest BCUT2D eigenvalue weighted by atomic mass is 10.3. The monoisotopic (exact) mass is 258 g/mol. The summed E-state index contributed by atoms with van der Waals surface area (Å²) in [6, 6.07) is 18.8. The summed E-state index contributed by atoms with van der Waals surface area (Å²) in [7, 11) is 0. The Kier molecular flexibility index (Phi) is 4.97. The standard InChI is InChI=1S/C15H18N2S/c1-18-15-9-7-14(8-10-15)17-12-11-16-13-5-3-2-4-6-13/h2-10,16-17H,11-12H2,1H3. The topological polar surface area (TPSA) is 24.1 Å². The van der Waals surface area contributed by atoms with E-state index >= 15 is 0 Å². The molecule has 0 aliphatic heterocycles. The molecule has 0 bridgehead atoms. The van der Waals surface area contributed by atoms with Gasteiger partial charge in [-0.25, -0.2) is 0 Å². The van der Waals surface area contributed by atoms with Gasteiger partial charge in [-0.3, -0.25) is 0 Å². The largest absolute Gasteiger partial charge is 0.383 e. The molecule has 0 radical (unpaired) electrons. The predicted molar refractivity (Wildman–Crippen MR) is 81.6 cm³/mol. The van der Waals surface area contributed by atoms with Gasteiger partial charge in [0.1, 0.15) is 0 Å². The van der Waals surface area contributed by atoms with Crippen molar-refractivity contribution >= 4 is 23.1 Å². The van der Waals surface area contributed by atoms with Gasteiger partial charge in [-0.15, -0.1) is 11.8 Å². The number of rotatable bonds is 6. The number of benzene rings is 2. The highest BCUT2D eigenvalue weighted by molar-refractivity contribution is 7.98. The molecular formula is C15H18N2S. The predicted octanol–water partition coefficient (Wildman–Crippen LogP) is 3.93. The Bertz CT molecular complexity index is 454. The highest BCUT2D eigenvalue weighted by Gasteiger charge is 1.93. The van der Waals surface area contributed by atoms with Crippen LogP contribution in [0.3, 0.4) is 0 Å². The molecule has 0 aliphatic rings. The number of nitrogens with one attached hydrogen (secondary N) is 2. The third-order valence-corrected chi connectivity index (χ3v) is 3.39. The molecule has 2 nitrogen and oxygen atoms in total. The molecule has 0 aliphatic carbocycles. The van der Waals surface area contributed by atoms with Gasteiger partial charge in [-0.1, -0.05) is 18.2 Å². The van der Waals surface area contributed by atoms with E-state index in [1.807, 2.05) is 18.2 Å². The van der Waals surface area contributed by atoms with Crippen molar-refractivity contribution in [2.24, 2.45) is 0 Å². The van der Waals surface area contributed by atoms with E-state index in [0.717, 1.165) is 18.8 Å². The number of thioether (sulfide) groups is 1. The first-order chi connectivity index (χ1) is 8.88. The van der Waals surface area contributed by atoms with Crippen molar-refractivity contribution in [2.75, 3.05) is 30.0 Å². The van der Waals surface area contributed by atoms with Gasteiger partial charge in [-0.2, -0.15) is 0 Å². The number of hydrogen-bond donors (Lipinski definition) is 2. The lowest BCUT2D eigenvalue weighted by Crippen LogP contribution is -2.13. The normalized spacial score (nSPS) is 10.1. The van der Waals surface area contributed by atoms with E-state index < -0.39 is 0 Å². The van der Waals surface area contributed by atoms with Gasteiger partial charge in [0.25, 0.3) is 0 Å². The van der Waals surface area contributed by atoms with Crippen molar-refractivity contribution in [1.82, 2.24) is 0 Å². The SMILES string of the molecule is CSc1ccc(NCCNc2ccccc2)cc1. The molecule has 2 N–H and O–H groups in total. The Morgan fingerprint density at radius 1 is 0.778 bits per heavy atom. The lowest BCUT2D eigenvalue weighted by Gasteiger charge is -2.09. The van der Waals surface area contributed by atoms with Gasteiger partial charge >= 0.3 is 0 Å². The molecule has 0 unspecified atom stereocenters. The molecule has 2 rings (SSSR count). The Morgan fingerprint density at radius 3 is 1.89 bits per heavy atom. The summed E-state index contributed by atoms with van der Waals surface area (Å²) < 4.78 is 0. The molecule has 0 amide bonds. The Hall–Kier alpha value is -1.61. The maximum Gasteiger partial charge on any atom is 0.0341 e. The highest BCUT2D eigenvalue weighted by atomic mass is 32.2. The fourth-order valence-electron chi connectivity index (χ4n) is 1.68. The third kappa shape index (κ3) is 4.00. The van der Waals surface area contributed by atoms with Gasteiger partial charge < -0.3 is 10.6 Å². The number of para-hydroxylation sites is 1. The Morgan fingerprint density at radius 2 is 1.33 bits per heavy atom. The summed E-state index contributed by atoms with van der Waals surface area (Å²) in [6.45, 7) is 1.82. The highest BCUT2D eigenvalue weighted by Crippen LogP contribution is 2.17. The van der Waals surface area contributed by atoms with Crippen LogP contribution in [0.15, 0.2) is 59.5 Å². The van der Waals surface area contributed by atoms with Crippen LogP contribution in [-0.2, 0) is 0 Å². The van der Waals surface area contributed by atoms with Gasteiger partial charge in [0.15, 0.2) is 0 Å². The van der Waals surface area contributed by atoms with E-state index in [9.17, 15) is 0 Å². The molecule has 0 atom stereocenters. The average molecular weight is 258 g/mol. The minimum absolute atomic E-state index is 0.910. The number of anilines is 2. The van der Waals surface area contributed by atoms with Crippen LogP contribution in [-0.4, -0.2) is 19.3 Å². The molecule has 3 heteroatoms. The summed E-state index contributed by atoms with van der Waals surface area (Å²) >= 11 is 1.76. The second-order valence-corrected chi connectivity index (χ2v) is 4.83. The first-order valence-electron chi connectivity index (χ1n) is 6.05. The van der Waals surface area contributed by atoms with E-state index in [2.05, 4.69) is 53.3 Å². The van der Waals surface area contributed by atoms with Crippen LogP contribution in [0.25, 0.3) is 0 Å². The Balaban J connectivity index is 1.72. The average Bonchev–Trinajstić information content (AvgIpc) is 2.45. The van der Waals surface area contributed by atoms with Gasteiger partial charge in [-0.05, 0) is 42.7 Å². The molecule has 2 aromatic rings. The zero-order valence-corrected chi connectivity index (χ0v) is 11.3. The second kappa shape index (κ2) is 6.97. The minimum Gasteiger partial charge on any atom is -0.383 e. The van der Waals surface area contributed by atoms with Crippen LogP contribution in [0.4, 0.5) is 11.4 Å². The lowest BCUT2D eigenvalue weighted by molar-refractivity contribution is 1.08. The molecule has 94 valence electrons. The zero-order chi connectivity index (χ0) is 12.6. The van der Waals surface area contributed by atoms with Crippen LogP contribution >= 0.6 is 11.8 Å². The molecule has 0 fully saturated rings. The van der Waals surface area contributed by atoms with E-state index in [1.165, 1.54) is 10.6 Å². The van der Waals surface area contributed by atoms with Gasteiger partial charge in [0.05, 0.1) is 0 Å². The van der Waals surface area contributed by atoms with Crippen molar-refractivity contribution in [1.29, 1.82) is 0 Å². The van der Waals surface area contributed by atoms with Crippen LogP contribution in [0.1, 0.15) is 0 Å². The summed E-state index contributed by atoms with van der Waals surface area (Å²) in [6.07, 6.45) is 2.09. The molecule has 0 saturated heterocycles. The summed E-state index contributed by atoms with van der Waals surface area (Å²) in [5.74, 6) is 0. The number of hydrogen-bond acceptors (Lipinski definition) is 3. The summed E-state index contributed by atoms with van der Waals surface area (Å²) in [4.78, 5) is 1.29. The van der Waals surface area contributed by atoms with Gasteiger partial charge in [0, 0.05) is 29.4 Å². The second-order valence-electron chi connectivity index (χ2n) is 3.95. The smallest absolute Gasteiger partial charge is 0.0341 e. The van der Waals surface area contributed by atoms with Gasteiger partial charge in [0.2, 0.25) is 0 Å². The van der Waals surface area contributed by atoms with Crippen LogP contribution in [0.5, 0.6) is 0 Å². The van der Waals surface area contributed by atoms with E-state index in [0.29, 0.717) is 0 Å². The van der Waals surface area contributed by atoms with Crippen molar-refractivity contribution < 1.29 is 0 Å². The fraction of sp³-hybridized carbons (Fsp3) is 0.200. The summed E-state index contributed by atoms with van der Waals surface area (Å²) in [5.41, 5.74) is 2.33. The first kappa shape index (κ1) is 12.8. The third-order valence-electron chi connectivity index (χ3n) is 2.65. The van der Waals surface area contributed by atoms with Crippen LogP contribution in [0.2, 0.25) is 0 Å². The molecule has 18 heavy (non-hydrogen) atoms. The van der Waals surface area contributed by atoms with Crippen LogP contribution < -0.4 is 10.6 Å². The minimum atomic E-state index is 0.910. The van der Waals surface area contributed by atoms with E-state index in [1.54, 1.807) is 11.8 Å². The van der Waals surface area contributed by atoms with Crippen LogP contribution in [0, 0.1) is 0 Å². The molecule has 0 spiro atoms. The first-order valence-corrected chi connectivity index (χ1v) is 7.28. The van der Waals surface area contributed by atoms with Crippen molar-refractivity contribution in [3.8, 4) is 0 Å². The van der Waals surface area contributed by atoms with Crippen molar-refractivity contribution in [2.45, 2.75) is 4.90 Å². The van der Waals surface area contributed by atoms with Crippen molar-refractivity contribution in [3.63, 3.8) is 0 Å². The van der Waals surface area contributed by atoms with E-state index in [-0.39, 0.29) is 0 Å². The maximum absolute atomic E-state index is 3.39. The molecule has 0 aromatic heterocycles. The molecule has 0 saturated carbocycles. The molecule has 0 heterocycles. The fourth-order valence-corrected chi connectivity index (χ4v) is 2.09. The Labute approximate surface area is 113 Å². The summed E-state index contributed by atoms with van der Waals surface area (Å²) in [5, 5.41) is 6.77. The van der Waals surface area contributed by atoms with E-state index in [4.69, 9.17) is 0 Å². The maximum atomic E-state index is 3.39. The molecule has 2 aromatic carbocycles. The quantitative estimate of drug-likeness (QED) is 0.606. The molecular weight excluding hydrogens is 240 g/mol. The van der Waals surface area contributed by atoms with Crippen molar-refractivity contribution in [3.05, 3.63) is 54.6 Å². The zero-order valence-electron chi connectivity index (χ0n) is 10.5.